The van der Waals surface area contributed by atoms with E-state index in [1.807, 2.05) is 78.9 Å². The number of aryl methyl sites for hydroxylation is 1. The molecule has 0 aliphatic carbocycles. The van der Waals surface area contributed by atoms with Gasteiger partial charge in [0.2, 0.25) is 5.55 Å². The van der Waals surface area contributed by atoms with E-state index >= 15 is 0 Å². The van der Waals surface area contributed by atoms with Crippen LogP contribution in [0, 0.1) is 0 Å². The molecular weight excluding hydrogens is 563 g/mol. The molecule has 0 saturated heterocycles. The van der Waals surface area contributed by atoms with Gasteiger partial charge in [0.25, 0.3) is 5.91 Å². The number of fused-ring (bicyclic) bond motifs is 3. The van der Waals surface area contributed by atoms with E-state index in [0.29, 0.717) is 22.0 Å². The lowest BCUT2D eigenvalue weighted by Crippen LogP contribution is -2.21. The first-order valence-corrected chi connectivity index (χ1v) is 15.5. The van der Waals surface area contributed by atoms with E-state index in [9.17, 15) is 4.79 Å². The number of nitrogens with zero attached hydrogens (tertiary/aromatic N) is 2. The van der Waals surface area contributed by atoms with Crippen molar-refractivity contribution < 1.29 is 9.21 Å². The number of aromatic nitrogens is 1. The van der Waals surface area contributed by atoms with Gasteiger partial charge in [0.1, 0.15) is 11.1 Å². The standard InChI is InChI=1S/C38H29N3O2S/c1-2-34-35(28-19-17-26(18-20-28)23-25-11-5-3-6-12-25)40-38(44-34)41-36(42)32-24-31-30-16-10-9-13-27(30)21-22-33(31)43-37(32)39-29-14-7-4-8-15-29/h3-22,24H,2,23H2,1H3,(H,40,41,42). The third-order valence-corrected chi connectivity index (χ3v) is 8.72. The highest BCUT2D eigenvalue weighted by atomic mass is 32.1. The minimum absolute atomic E-state index is 0.248. The van der Waals surface area contributed by atoms with E-state index in [1.165, 1.54) is 22.5 Å². The Morgan fingerprint density at radius 3 is 2.27 bits per heavy atom. The summed E-state index contributed by atoms with van der Waals surface area (Å²) in [5.74, 6) is -0.320. The largest absolute Gasteiger partial charge is 0.438 e. The maximum atomic E-state index is 13.9. The lowest BCUT2D eigenvalue weighted by Gasteiger charge is -2.07. The van der Waals surface area contributed by atoms with Crippen LogP contribution >= 0.6 is 11.3 Å². The first kappa shape index (κ1) is 27.5. The second kappa shape index (κ2) is 12.1. The molecule has 7 aromatic rings. The summed E-state index contributed by atoms with van der Waals surface area (Å²) in [6.07, 6.45) is 1.68. The van der Waals surface area contributed by atoms with Crippen LogP contribution in [0.15, 0.2) is 137 Å². The molecule has 0 aliphatic heterocycles. The predicted molar refractivity (Wildman–Crippen MR) is 180 cm³/mol. The van der Waals surface area contributed by atoms with Gasteiger partial charge in [-0.3, -0.25) is 10.1 Å². The Kier molecular flexibility index (Phi) is 7.57. The number of hydrogen-bond acceptors (Lipinski definition) is 5. The summed E-state index contributed by atoms with van der Waals surface area (Å²) in [7, 11) is 0. The smallest absolute Gasteiger partial charge is 0.262 e. The monoisotopic (exact) mass is 591 g/mol. The number of benzene rings is 5. The van der Waals surface area contributed by atoms with Crippen molar-refractivity contribution in [3.8, 4) is 11.3 Å². The summed E-state index contributed by atoms with van der Waals surface area (Å²) in [4.78, 5) is 24.6. The molecule has 0 spiro atoms. The highest BCUT2D eigenvalue weighted by Crippen LogP contribution is 2.33. The summed E-state index contributed by atoms with van der Waals surface area (Å²) in [6.45, 7) is 2.11. The van der Waals surface area contributed by atoms with E-state index < -0.39 is 0 Å². The number of para-hydroxylation sites is 1. The molecule has 1 N–H and O–H groups in total. The molecule has 1 amide bonds. The Morgan fingerprint density at radius 2 is 1.50 bits per heavy atom. The Labute approximate surface area is 259 Å². The van der Waals surface area contributed by atoms with Gasteiger partial charge >= 0.3 is 0 Å². The molecule has 5 nitrogen and oxygen atoms in total. The van der Waals surface area contributed by atoms with Gasteiger partial charge in [-0.1, -0.05) is 110 Å². The fourth-order valence-corrected chi connectivity index (χ4v) is 6.31. The summed E-state index contributed by atoms with van der Waals surface area (Å²) < 4.78 is 6.29. The van der Waals surface area contributed by atoms with Gasteiger partial charge in [-0.15, -0.1) is 11.3 Å². The maximum Gasteiger partial charge on any atom is 0.262 e. The Balaban J connectivity index is 1.24. The quantitative estimate of drug-likeness (QED) is 0.188. The number of carbonyl (C=O) groups excluding carboxylic acids is 1. The number of rotatable bonds is 7. The van der Waals surface area contributed by atoms with Crippen molar-refractivity contribution in [1.29, 1.82) is 0 Å². The van der Waals surface area contributed by atoms with Gasteiger partial charge in [-0.2, -0.15) is 0 Å². The number of hydrogen-bond donors (Lipinski definition) is 1. The van der Waals surface area contributed by atoms with Gasteiger partial charge in [-0.25, -0.2) is 9.98 Å². The molecule has 7 rings (SSSR count). The van der Waals surface area contributed by atoms with Crippen LogP contribution in [0.4, 0.5) is 10.8 Å². The molecule has 0 unspecified atom stereocenters. The van der Waals surface area contributed by atoms with Crippen LogP contribution in [-0.2, 0) is 12.8 Å². The number of carbonyl (C=O) groups is 1. The summed E-state index contributed by atoms with van der Waals surface area (Å²) in [5.41, 5.74) is 6.39. The van der Waals surface area contributed by atoms with Crippen LogP contribution in [-0.4, -0.2) is 10.9 Å². The average Bonchev–Trinajstić information content (AvgIpc) is 3.48. The van der Waals surface area contributed by atoms with Crippen LogP contribution in [0.1, 0.15) is 33.3 Å². The van der Waals surface area contributed by atoms with Crippen LogP contribution in [0.2, 0.25) is 0 Å². The molecule has 44 heavy (non-hydrogen) atoms. The fraction of sp³-hybridized carbons (Fsp3) is 0.0789. The van der Waals surface area contributed by atoms with Gasteiger partial charge in [-0.05, 0) is 59.0 Å². The third-order valence-electron chi connectivity index (χ3n) is 7.61. The van der Waals surface area contributed by atoms with E-state index in [4.69, 9.17) is 14.4 Å². The zero-order valence-corrected chi connectivity index (χ0v) is 25.0. The lowest BCUT2D eigenvalue weighted by atomic mass is 10.0. The molecule has 0 bridgehead atoms. The van der Waals surface area contributed by atoms with E-state index in [0.717, 1.165) is 45.1 Å². The number of nitrogens with one attached hydrogen (secondary N) is 1. The average molecular weight is 592 g/mol. The number of amides is 1. The highest BCUT2D eigenvalue weighted by Gasteiger charge is 2.18. The molecular formula is C38H29N3O2S. The Hall–Kier alpha value is -5.33. The van der Waals surface area contributed by atoms with E-state index in [2.05, 4.69) is 60.8 Å². The molecule has 5 aromatic carbocycles. The Morgan fingerprint density at radius 1 is 0.795 bits per heavy atom. The summed E-state index contributed by atoms with van der Waals surface area (Å²) in [6, 6.07) is 42.4. The third kappa shape index (κ3) is 5.68. The van der Waals surface area contributed by atoms with Gasteiger partial charge in [0.05, 0.1) is 11.4 Å². The normalized spacial score (nSPS) is 11.7. The van der Waals surface area contributed by atoms with Crippen molar-refractivity contribution in [3.05, 3.63) is 155 Å². The molecule has 2 heterocycles. The molecule has 214 valence electrons. The van der Waals surface area contributed by atoms with Crippen LogP contribution in [0.5, 0.6) is 0 Å². The molecule has 0 radical (unpaired) electrons. The van der Waals surface area contributed by atoms with Gasteiger partial charge in [0.15, 0.2) is 5.13 Å². The van der Waals surface area contributed by atoms with Crippen molar-refractivity contribution in [2.24, 2.45) is 4.99 Å². The summed E-state index contributed by atoms with van der Waals surface area (Å²) in [5, 5.41) is 6.53. The summed E-state index contributed by atoms with van der Waals surface area (Å²) >= 11 is 1.50. The highest BCUT2D eigenvalue weighted by molar-refractivity contribution is 7.16. The number of thiazole rings is 1. The fourth-order valence-electron chi connectivity index (χ4n) is 5.39. The van der Waals surface area contributed by atoms with Crippen molar-refractivity contribution in [3.63, 3.8) is 0 Å². The molecule has 0 saturated carbocycles. The van der Waals surface area contributed by atoms with Gasteiger partial charge in [0, 0.05) is 15.8 Å². The van der Waals surface area contributed by atoms with Crippen molar-refractivity contribution in [1.82, 2.24) is 4.98 Å². The second-order valence-corrected chi connectivity index (χ2v) is 11.7. The molecule has 0 aliphatic rings. The molecule has 0 atom stereocenters. The van der Waals surface area contributed by atoms with Crippen LogP contribution in [0.25, 0.3) is 33.0 Å². The molecule has 6 heteroatoms. The zero-order valence-electron chi connectivity index (χ0n) is 24.2. The van der Waals surface area contributed by atoms with E-state index in [1.54, 1.807) is 0 Å². The SMILES string of the molecule is CCc1sc(NC(=O)c2cc3c(ccc4ccccc43)oc2=Nc2ccccc2)nc1-c1ccc(Cc2ccccc2)cc1. The predicted octanol–water partition coefficient (Wildman–Crippen LogP) is 9.35. The molecule has 2 aromatic heterocycles. The van der Waals surface area contributed by atoms with Gasteiger partial charge < -0.3 is 4.42 Å². The minimum Gasteiger partial charge on any atom is -0.438 e. The Bertz CT molecular complexity index is 2170. The van der Waals surface area contributed by atoms with Crippen molar-refractivity contribution in [2.75, 3.05) is 5.32 Å². The van der Waals surface area contributed by atoms with Crippen molar-refractivity contribution >= 4 is 49.8 Å². The maximum absolute atomic E-state index is 13.9. The van der Waals surface area contributed by atoms with Crippen molar-refractivity contribution in [2.45, 2.75) is 19.8 Å². The second-order valence-electron chi connectivity index (χ2n) is 10.6. The van der Waals surface area contributed by atoms with E-state index in [-0.39, 0.29) is 11.5 Å². The zero-order chi connectivity index (χ0) is 29.9. The number of anilines is 1. The molecule has 0 fully saturated rings. The van der Waals surface area contributed by atoms with Crippen LogP contribution in [0.3, 0.4) is 0 Å². The van der Waals surface area contributed by atoms with Crippen LogP contribution < -0.4 is 10.9 Å². The minimum atomic E-state index is -0.320. The first-order chi connectivity index (χ1) is 21.6. The first-order valence-electron chi connectivity index (χ1n) is 14.6. The topological polar surface area (TPSA) is 67.5 Å². The lowest BCUT2D eigenvalue weighted by molar-refractivity contribution is 0.102.